The third kappa shape index (κ3) is 28.8. The second-order valence-electron chi connectivity index (χ2n) is 26.8. The lowest BCUT2D eigenvalue weighted by molar-refractivity contribution is 1.13. The Bertz CT molecular complexity index is 4830. The molecule has 0 aliphatic carbocycles. The Balaban J connectivity index is 0.000000154. The second kappa shape index (κ2) is 48.6. The zero-order valence-electron chi connectivity index (χ0n) is 68.4. The zero-order valence-corrected chi connectivity index (χ0v) is 68.4. The summed E-state index contributed by atoms with van der Waals surface area (Å²) in [4.78, 5) is 25.4. The molecule has 0 spiro atoms. The van der Waals surface area contributed by atoms with Gasteiger partial charge in [0.25, 0.3) is 0 Å². The largest absolute Gasteiger partial charge is 0.265 e. The maximum atomic E-state index is 4.77. The molecule has 6 heteroatoms. The molecule has 574 valence electrons. The fourth-order valence-electron chi connectivity index (χ4n) is 12.3. The molecule has 6 nitrogen and oxygen atoms in total. The molecule has 18 rings (SSSR count). The third-order valence-corrected chi connectivity index (χ3v) is 17.8. The number of benzene rings is 13. The quantitative estimate of drug-likeness (QED) is 0.143. The van der Waals surface area contributed by atoms with Crippen molar-refractivity contribution in [2.75, 3.05) is 0 Å². The lowest BCUT2D eigenvalue weighted by atomic mass is 9.97. The maximum absolute atomic E-state index is 4.77. The monoisotopic (exact) mass is 1510 g/mol. The van der Waals surface area contributed by atoms with Crippen LogP contribution >= 0.6 is 0 Å². The van der Waals surface area contributed by atoms with Gasteiger partial charge in [0.2, 0.25) is 0 Å². The van der Waals surface area contributed by atoms with Gasteiger partial charge in [0.15, 0.2) is 0 Å². The van der Waals surface area contributed by atoms with Gasteiger partial charge in [-0.05, 0) is 197 Å². The molecule has 0 saturated carbocycles. The Morgan fingerprint density at radius 3 is 0.784 bits per heavy atom. The Kier molecular flexibility index (Phi) is 35.9. The molecule has 5 aromatic heterocycles. The van der Waals surface area contributed by atoms with Crippen LogP contribution in [0.3, 0.4) is 0 Å². The van der Waals surface area contributed by atoms with E-state index in [1.165, 1.54) is 101 Å². The van der Waals surface area contributed by atoms with Crippen LogP contribution in [0, 0.1) is 41.5 Å². The number of nitrogens with zero attached hydrogens (tertiary/aromatic N) is 6. The van der Waals surface area contributed by atoms with Crippen LogP contribution in [0.1, 0.15) is 61.2 Å². The Hall–Kier alpha value is -14.2. The van der Waals surface area contributed by atoms with Gasteiger partial charge in [-0.25, -0.2) is 15.0 Å². The highest BCUT2D eigenvalue weighted by molar-refractivity contribution is 5.82. The number of hydrogen-bond donors (Lipinski definition) is 0. The van der Waals surface area contributed by atoms with E-state index in [0.717, 1.165) is 50.7 Å². The van der Waals surface area contributed by atoms with Crippen molar-refractivity contribution in [3.63, 3.8) is 0 Å². The Morgan fingerprint density at radius 1 is 0.172 bits per heavy atom. The first kappa shape index (κ1) is 85.8. The summed E-state index contributed by atoms with van der Waals surface area (Å²) in [6.07, 6.45) is 10.6. The van der Waals surface area contributed by atoms with Crippen molar-refractivity contribution in [3.05, 3.63) is 483 Å². The fraction of sp³-hybridized carbons (Fsp3) is 0.0909. The summed E-state index contributed by atoms with van der Waals surface area (Å²) >= 11 is 0. The van der Waals surface area contributed by atoms with Crippen LogP contribution in [0.5, 0.6) is 0 Å². The van der Waals surface area contributed by atoms with Crippen LogP contribution in [-0.4, -0.2) is 29.9 Å². The molecule has 116 heavy (non-hydrogen) atoms. The standard InChI is InChI=1S/4C18H15N.C12H10.C10H8.C7H8.C5H6N2.2C2H6/c1-14-12-17(15-8-4-2-5-9-15)13-18(19-14)16-10-6-3-7-11-16;1-14-12-17(15-8-4-2-5-9-15)19-18(13-14)16-10-6-3-7-11-16;1-14-11-16(15-7-3-2-4-8-15)13-17(12-14)18-9-5-6-10-19-18;1-14-11-17(15-5-3-2-4-6-15)13-18(12-14)16-7-9-19-10-8-16;1-3-7-11(8-4-1)12-9-5-2-6-10-12;1-2-6-10-8-4-3-7-9(10)5-1;1-7-5-3-2-4-6-7;1-5-2-6-4-7-3-5;2*1-2/h4*2-13H,1H3;1-10H;1-8H;2-6H,1H3;2-4H,1H3;2*1-2H3. The van der Waals surface area contributed by atoms with Gasteiger partial charge in [-0.2, -0.15) is 0 Å². The molecule has 18 aromatic rings. The summed E-state index contributed by atoms with van der Waals surface area (Å²) in [7, 11) is 0. The topological polar surface area (TPSA) is 77.3 Å². The maximum Gasteiger partial charge on any atom is 0.115 e. The highest BCUT2D eigenvalue weighted by Crippen LogP contribution is 2.31. The van der Waals surface area contributed by atoms with Crippen LogP contribution in [-0.2, 0) is 0 Å². The average Bonchev–Trinajstić information content (AvgIpc) is 0.838. The van der Waals surface area contributed by atoms with Crippen molar-refractivity contribution in [3.8, 4) is 101 Å². The Morgan fingerprint density at radius 2 is 0.457 bits per heavy atom. The molecule has 0 aliphatic rings. The van der Waals surface area contributed by atoms with Crippen molar-refractivity contribution in [2.45, 2.75) is 69.2 Å². The predicted molar refractivity (Wildman–Crippen MR) is 496 cm³/mol. The van der Waals surface area contributed by atoms with E-state index in [0.29, 0.717) is 0 Å². The van der Waals surface area contributed by atoms with Crippen molar-refractivity contribution in [1.82, 2.24) is 29.9 Å². The summed E-state index contributed by atoms with van der Waals surface area (Å²) in [5.41, 5.74) is 28.4. The second-order valence-corrected chi connectivity index (χ2v) is 26.8. The molecule has 5 heterocycles. The Labute approximate surface area is 689 Å². The molecule has 0 fully saturated rings. The molecular formula is C110H104N6. The van der Waals surface area contributed by atoms with Gasteiger partial charge in [0.05, 0.1) is 22.8 Å². The number of fused-ring (bicyclic) bond motifs is 1. The van der Waals surface area contributed by atoms with E-state index in [4.69, 9.17) is 4.98 Å². The van der Waals surface area contributed by atoms with Crippen molar-refractivity contribution in [1.29, 1.82) is 0 Å². The number of pyridine rings is 4. The SMILES string of the molecule is CC.CC.Cc1cc(-c2ccccc2)cc(-c2ccccc2)n1.Cc1cc(-c2ccccc2)cc(-c2ccccn2)c1.Cc1cc(-c2ccccc2)cc(-c2ccncc2)c1.Cc1cc(-c2ccccc2)nc(-c2ccccc2)c1.Cc1ccccc1.Cc1cncnc1.c1ccc(-c2ccccc2)cc1.c1ccc2ccccc2c1. The minimum absolute atomic E-state index is 1.02. The minimum Gasteiger partial charge on any atom is -0.265 e. The minimum atomic E-state index is 1.02. The number of aryl methyl sites for hydroxylation is 6. The first-order valence-electron chi connectivity index (χ1n) is 39.7. The van der Waals surface area contributed by atoms with E-state index in [1.807, 2.05) is 194 Å². The molecule has 0 N–H and O–H groups in total. The van der Waals surface area contributed by atoms with E-state index in [2.05, 4.69) is 332 Å². The van der Waals surface area contributed by atoms with Crippen LogP contribution in [0.4, 0.5) is 0 Å². The van der Waals surface area contributed by atoms with Crippen molar-refractivity contribution < 1.29 is 0 Å². The summed E-state index contributed by atoms with van der Waals surface area (Å²) in [5, 5.41) is 2.62. The fourth-order valence-corrected chi connectivity index (χ4v) is 12.3. The van der Waals surface area contributed by atoms with Crippen LogP contribution in [0.2, 0.25) is 0 Å². The number of rotatable bonds is 9. The van der Waals surface area contributed by atoms with Crippen molar-refractivity contribution in [2.24, 2.45) is 0 Å². The number of aromatic nitrogens is 6. The van der Waals surface area contributed by atoms with Gasteiger partial charge in [-0.1, -0.05) is 379 Å². The zero-order chi connectivity index (χ0) is 81.6. The van der Waals surface area contributed by atoms with E-state index < -0.39 is 0 Å². The lowest BCUT2D eigenvalue weighted by Gasteiger charge is -2.08. The highest BCUT2D eigenvalue weighted by Gasteiger charge is 2.09. The van der Waals surface area contributed by atoms with Gasteiger partial charge >= 0.3 is 0 Å². The molecule has 13 aromatic carbocycles. The van der Waals surface area contributed by atoms with E-state index in [-0.39, 0.29) is 0 Å². The lowest BCUT2D eigenvalue weighted by Crippen LogP contribution is -1.89. The van der Waals surface area contributed by atoms with E-state index >= 15 is 0 Å². The van der Waals surface area contributed by atoms with Gasteiger partial charge in [-0.15, -0.1) is 0 Å². The molecule has 0 atom stereocenters. The first-order chi connectivity index (χ1) is 57.0. The first-order valence-corrected chi connectivity index (χ1v) is 39.7. The predicted octanol–water partition coefficient (Wildman–Crippen LogP) is 29.9. The van der Waals surface area contributed by atoms with Gasteiger partial charge < -0.3 is 0 Å². The van der Waals surface area contributed by atoms with Gasteiger partial charge in [0, 0.05) is 58.9 Å². The molecule has 0 saturated heterocycles. The average molecular weight is 1510 g/mol. The van der Waals surface area contributed by atoms with E-state index in [9.17, 15) is 0 Å². The molecular weight excluding hydrogens is 1410 g/mol. The number of hydrogen-bond acceptors (Lipinski definition) is 6. The van der Waals surface area contributed by atoms with Crippen LogP contribution in [0.15, 0.2) is 450 Å². The van der Waals surface area contributed by atoms with Crippen LogP contribution in [0.25, 0.3) is 111 Å². The van der Waals surface area contributed by atoms with Crippen LogP contribution < -0.4 is 0 Å². The summed E-state index contributed by atoms with van der Waals surface area (Å²) in [6.45, 7) is 20.5. The molecule has 0 radical (unpaired) electrons. The summed E-state index contributed by atoms with van der Waals surface area (Å²) in [6, 6.07) is 142. The van der Waals surface area contributed by atoms with Gasteiger partial charge in [0.1, 0.15) is 6.33 Å². The smallest absolute Gasteiger partial charge is 0.115 e. The van der Waals surface area contributed by atoms with Crippen molar-refractivity contribution >= 4 is 10.8 Å². The molecule has 0 bridgehead atoms. The molecule has 0 unspecified atom stereocenters. The molecule has 0 aliphatic heterocycles. The summed E-state index contributed by atoms with van der Waals surface area (Å²) in [5.74, 6) is 0. The van der Waals surface area contributed by atoms with E-state index in [1.54, 1.807) is 12.4 Å². The highest BCUT2D eigenvalue weighted by atomic mass is 14.8. The summed E-state index contributed by atoms with van der Waals surface area (Å²) < 4.78 is 0. The van der Waals surface area contributed by atoms with Gasteiger partial charge in [-0.3, -0.25) is 15.0 Å². The normalized spacial score (nSPS) is 9.81. The third-order valence-electron chi connectivity index (χ3n) is 17.8. The molecule has 0 amide bonds.